The van der Waals surface area contributed by atoms with E-state index in [9.17, 15) is 24.9 Å². The third kappa shape index (κ3) is 3.73. The van der Waals surface area contributed by atoms with Crippen LogP contribution in [-0.2, 0) is 11.2 Å². The number of aliphatic carboxylic acids is 1. The number of carbonyl (C=O) groups excluding carboxylic acids is 1. The lowest BCUT2D eigenvalue weighted by atomic mass is 10.0. The van der Waals surface area contributed by atoms with Gasteiger partial charge in [0.2, 0.25) is 0 Å². The van der Waals surface area contributed by atoms with E-state index in [2.05, 4.69) is 5.32 Å². The van der Waals surface area contributed by atoms with Crippen molar-refractivity contribution in [1.29, 1.82) is 0 Å². The number of carbonyl (C=O) groups is 2. The quantitative estimate of drug-likeness (QED) is 0.627. The molecule has 6 nitrogen and oxygen atoms in total. The third-order valence-electron chi connectivity index (χ3n) is 2.87. The molecule has 0 spiro atoms. The minimum atomic E-state index is -1.17. The lowest BCUT2D eigenvalue weighted by molar-refractivity contribution is -0.139. The van der Waals surface area contributed by atoms with Crippen LogP contribution in [0.15, 0.2) is 35.0 Å². The van der Waals surface area contributed by atoms with Gasteiger partial charge in [0.1, 0.15) is 6.04 Å². The minimum Gasteiger partial charge on any atom is -0.504 e. The van der Waals surface area contributed by atoms with E-state index in [1.54, 1.807) is 16.8 Å². The number of phenolic OH excluding ortho intramolecular Hbond substituents is 2. The van der Waals surface area contributed by atoms with Crippen molar-refractivity contribution in [1.82, 2.24) is 5.32 Å². The van der Waals surface area contributed by atoms with Crippen LogP contribution in [0.3, 0.4) is 0 Å². The number of hydrogen-bond acceptors (Lipinski definition) is 5. The Labute approximate surface area is 124 Å². The van der Waals surface area contributed by atoms with Crippen molar-refractivity contribution in [3.8, 4) is 11.5 Å². The Balaban J connectivity index is 2.10. The first-order chi connectivity index (χ1) is 9.97. The Morgan fingerprint density at radius 3 is 2.52 bits per heavy atom. The van der Waals surface area contributed by atoms with Crippen LogP contribution < -0.4 is 5.32 Å². The molecule has 110 valence electrons. The van der Waals surface area contributed by atoms with Crippen molar-refractivity contribution in [2.24, 2.45) is 0 Å². The molecule has 0 saturated heterocycles. The zero-order chi connectivity index (χ0) is 15.4. The summed E-state index contributed by atoms with van der Waals surface area (Å²) in [6.07, 6.45) is -0.000942. The molecule has 1 amide bonds. The van der Waals surface area contributed by atoms with E-state index >= 15 is 0 Å². The monoisotopic (exact) mass is 307 g/mol. The molecule has 1 aromatic heterocycles. The molecule has 1 aromatic carbocycles. The van der Waals surface area contributed by atoms with Gasteiger partial charge in [-0.15, -0.1) is 0 Å². The highest BCUT2D eigenvalue weighted by atomic mass is 32.1. The lowest BCUT2D eigenvalue weighted by Crippen LogP contribution is -2.42. The van der Waals surface area contributed by atoms with Crippen molar-refractivity contribution >= 4 is 23.2 Å². The second kappa shape index (κ2) is 6.27. The summed E-state index contributed by atoms with van der Waals surface area (Å²) in [6, 6.07) is 4.50. The van der Waals surface area contributed by atoms with Gasteiger partial charge in [0.25, 0.3) is 5.91 Å². The van der Waals surface area contributed by atoms with Crippen LogP contribution in [0.2, 0.25) is 0 Å². The highest BCUT2D eigenvalue weighted by molar-refractivity contribution is 7.08. The number of carboxylic acids is 1. The maximum Gasteiger partial charge on any atom is 0.326 e. The van der Waals surface area contributed by atoms with Crippen molar-refractivity contribution < 1.29 is 24.9 Å². The van der Waals surface area contributed by atoms with Gasteiger partial charge in [-0.1, -0.05) is 6.07 Å². The zero-order valence-corrected chi connectivity index (χ0v) is 11.6. The van der Waals surface area contributed by atoms with Gasteiger partial charge in [-0.05, 0) is 29.1 Å². The average Bonchev–Trinajstić information content (AvgIpc) is 2.96. The number of hydrogen-bond donors (Lipinski definition) is 4. The Hall–Kier alpha value is -2.54. The van der Waals surface area contributed by atoms with Crippen LogP contribution in [0.1, 0.15) is 15.9 Å². The van der Waals surface area contributed by atoms with E-state index < -0.39 is 17.9 Å². The molecule has 1 unspecified atom stereocenters. The standard InChI is InChI=1S/C14H13NO5S/c16-11-2-1-8(6-12(11)17)5-10(14(19)20)15-13(18)9-3-4-21-7-9/h1-4,6-7,10,16-17H,5H2,(H,15,18)(H,19,20). The summed E-state index contributed by atoms with van der Waals surface area (Å²) in [7, 11) is 0. The Kier molecular flexibility index (Phi) is 4.44. The van der Waals surface area contributed by atoms with E-state index in [4.69, 9.17) is 0 Å². The Bertz CT molecular complexity index is 653. The van der Waals surface area contributed by atoms with E-state index in [1.807, 2.05) is 0 Å². The molecule has 0 saturated carbocycles. The summed E-state index contributed by atoms with van der Waals surface area (Å²) < 4.78 is 0. The van der Waals surface area contributed by atoms with Crippen molar-refractivity contribution in [3.05, 3.63) is 46.2 Å². The van der Waals surface area contributed by atoms with Crippen LogP contribution in [-0.4, -0.2) is 33.2 Å². The van der Waals surface area contributed by atoms with Gasteiger partial charge >= 0.3 is 5.97 Å². The molecule has 2 rings (SSSR count). The highest BCUT2D eigenvalue weighted by Gasteiger charge is 2.21. The molecule has 7 heteroatoms. The highest BCUT2D eigenvalue weighted by Crippen LogP contribution is 2.25. The molecule has 0 bridgehead atoms. The molecular weight excluding hydrogens is 294 g/mol. The van der Waals surface area contributed by atoms with E-state index in [0.29, 0.717) is 11.1 Å². The summed E-state index contributed by atoms with van der Waals surface area (Å²) >= 11 is 1.34. The van der Waals surface area contributed by atoms with Gasteiger partial charge in [0.05, 0.1) is 5.56 Å². The van der Waals surface area contributed by atoms with E-state index in [1.165, 1.54) is 29.5 Å². The number of rotatable bonds is 5. The molecule has 0 aliphatic heterocycles. The van der Waals surface area contributed by atoms with Crippen LogP contribution >= 0.6 is 11.3 Å². The van der Waals surface area contributed by atoms with Gasteiger partial charge in [-0.3, -0.25) is 4.79 Å². The molecule has 0 aliphatic carbocycles. The zero-order valence-electron chi connectivity index (χ0n) is 10.8. The van der Waals surface area contributed by atoms with Gasteiger partial charge in [0.15, 0.2) is 11.5 Å². The summed E-state index contributed by atoms with van der Waals surface area (Å²) in [4.78, 5) is 23.1. The second-order valence-corrected chi connectivity index (χ2v) is 5.18. The maximum atomic E-state index is 11.9. The summed E-state index contributed by atoms with van der Waals surface area (Å²) in [5, 5.41) is 33.6. The first-order valence-corrected chi connectivity index (χ1v) is 6.98. The molecule has 1 atom stereocenters. The van der Waals surface area contributed by atoms with Crippen LogP contribution in [0.5, 0.6) is 11.5 Å². The average molecular weight is 307 g/mol. The number of nitrogens with one attached hydrogen (secondary N) is 1. The minimum absolute atomic E-state index is 0.000942. The fourth-order valence-corrected chi connectivity index (χ4v) is 2.40. The van der Waals surface area contributed by atoms with Gasteiger partial charge in [0, 0.05) is 11.8 Å². The second-order valence-electron chi connectivity index (χ2n) is 4.40. The SMILES string of the molecule is O=C(NC(Cc1ccc(O)c(O)c1)C(=O)O)c1ccsc1. The number of benzene rings is 1. The van der Waals surface area contributed by atoms with Crippen LogP contribution in [0.4, 0.5) is 0 Å². The smallest absolute Gasteiger partial charge is 0.326 e. The third-order valence-corrected chi connectivity index (χ3v) is 3.55. The van der Waals surface area contributed by atoms with Crippen molar-refractivity contribution in [3.63, 3.8) is 0 Å². The fourth-order valence-electron chi connectivity index (χ4n) is 1.77. The van der Waals surface area contributed by atoms with Crippen LogP contribution in [0, 0.1) is 0 Å². The maximum absolute atomic E-state index is 11.9. The van der Waals surface area contributed by atoms with E-state index in [-0.39, 0.29) is 17.9 Å². The number of amides is 1. The molecule has 0 fully saturated rings. The molecule has 0 aliphatic rings. The number of thiophene rings is 1. The molecule has 2 aromatic rings. The van der Waals surface area contributed by atoms with Gasteiger partial charge in [-0.25, -0.2) is 4.79 Å². The molecule has 1 heterocycles. The lowest BCUT2D eigenvalue weighted by Gasteiger charge is -2.14. The van der Waals surface area contributed by atoms with Crippen LogP contribution in [0.25, 0.3) is 0 Å². The number of aromatic hydroxyl groups is 2. The molecule has 0 radical (unpaired) electrons. The fraction of sp³-hybridized carbons (Fsp3) is 0.143. The van der Waals surface area contributed by atoms with Crippen molar-refractivity contribution in [2.45, 2.75) is 12.5 Å². The number of phenols is 2. The van der Waals surface area contributed by atoms with E-state index in [0.717, 1.165) is 0 Å². The predicted octanol–water partition coefficient (Wildman–Crippen LogP) is 1.58. The van der Waals surface area contributed by atoms with Crippen molar-refractivity contribution in [2.75, 3.05) is 0 Å². The first kappa shape index (κ1) is 14.9. The van der Waals surface area contributed by atoms with Gasteiger partial charge in [-0.2, -0.15) is 11.3 Å². The number of carboxylic acid groups (broad SMARTS) is 1. The summed E-state index contributed by atoms with van der Waals surface area (Å²) in [5.41, 5.74) is 0.892. The molecule has 21 heavy (non-hydrogen) atoms. The normalized spacial score (nSPS) is 11.8. The topological polar surface area (TPSA) is 107 Å². The molecular formula is C14H13NO5S. The Morgan fingerprint density at radius 2 is 1.95 bits per heavy atom. The van der Waals surface area contributed by atoms with Gasteiger partial charge < -0.3 is 20.6 Å². The molecule has 4 N–H and O–H groups in total. The Morgan fingerprint density at radius 1 is 1.19 bits per heavy atom. The summed E-state index contributed by atoms with van der Waals surface area (Å²) in [5.74, 6) is -2.26. The predicted molar refractivity (Wildman–Crippen MR) is 76.7 cm³/mol. The summed E-state index contributed by atoms with van der Waals surface area (Å²) in [6.45, 7) is 0. The first-order valence-electron chi connectivity index (χ1n) is 6.04. The largest absolute Gasteiger partial charge is 0.504 e.